The van der Waals surface area contributed by atoms with Crippen LogP contribution in [0.2, 0.25) is 0 Å². The molecule has 0 aliphatic heterocycles. The first-order valence-corrected chi connectivity index (χ1v) is 44.3. The standard InChI is InChI=1S/C43H26N2.C41H27N.C40H25N/c1-4-13-39-30(8-1)24-31(26-44-39)34-21-17-28-18-22-37-33(20-16-27-19-23-38(34)43(28)42(27)37)29-9-7-10-32(25-29)45-40-14-5-2-11-35(40)36-12-3-6-15-41(36)45;1-26-13-15-27(16-14-26)32-21-17-28-20-24-37-33(22-18-29-19-23-36(32)40(28)41(29)37)30-7-6-8-31(25-30)42-38-11-4-2-9-34(38)35-10-3-5-12-39(35)42;1-2-9-26(10-3-1)31-21-17-27-20-24-36-32(22-18-28-19-23-35(31)39(27)40(28)36)29-11-8-12-30(25-29)41-37-15-6-4-13-33(37)34-14-5-7-16-38(34)41/h1-26H;2-25H,1H3;1-25H. The number of hydrogen-bond acceptors (Lipinski definition) is 1. The van der Waals surface area contributed by atoms with E-state index in [1.54, 1.807) is 0 Å². The molecule has 0 aliphatic carbocycles. The quantitative estimate of drug-likeness (QED) is 0.132. The lowest BCUT2D eigenvalue weighted by atomic mass is 9.87. The molecule has 594 valence electrons. The van der Waals surface area contributed by atoms with Gasteiger partial charge in [0, 0.05) is 66.5 Å². The highest BCUT2D eigenvalue weighted by Crippen LogP contribution is 2.49. The fourth-order valence-electron chi connectivity index (χ4n) is 21.5. The first kappa shape index (κ1) is 72.8. The van der Waals surface area contributed by atoms with Crippen LogP contribution in [-0.4, -0.2) is 18.7 Å². The normalized spacial score (nSPS) is 11.9. The number of para-hydroxylation sites is 7. The molecule has 24 aromatic carbocycles. The number of nitrogens with zero attached hydrogens (tertiary/aromatic N) is 4. The lowest BCUT2D eigenvalue weighted by molar-refractivity contribution is 1.18. The van der Waals surface area contributed by atoms with E-state index in [4.69, 9.17) is 4.98 Å². The fourth-order valence-corrected chi connectivity index (χ4v) is 21.5. The van der Waals surface area contributed by atoms with Gasteiger partial charge in [0.15, 0.2) is 0 Å². The number of fused-ring (bicyclic) bond motifs is 10. The number of aromatic nitrogens is 4. The van der Waals surface area contributed by atoms with Crippen molar-refractivity contribution in [2.75, 3.05) is 0 Å². The molecule has 0 fully saturated rings. The second-order valence-electron chi connectivity index (χ2n) is 34.4. The molecule has 28 aromatic rings. The Labute approximate surface area is 738 Å². The van der Waals surface area contributed by atoms with E-state index >= 15 is 0 Å². The number of aryl methyl sites for hydroxylation is 1. The first-order chi connectivity index (χ1) is 63.4. The smallest absolute Gasteiger partial charge is 0.0702 e. The largest absolute Gasteiger partial charge is 0.309 e. The Morgan fingerprint density at radius 2 is 0.414 bits per heavy atom. The lowest BCUT2D eigenvalue weighted by Crippen LogP contribution is -1.94. The van der Waals surface area contributed by atoms with Crippen LogP contribution in [0.1, 0.15) is 5.56 Å². The molecule has 128 heavy (non-hydrogen) atoms. The van der Waals surface area contributed by atoms with Gasteiger partial charge in [-0.1, -0.05) is 370 Å². The minimum absolute atomic E-state index is 1.02. The highest BCUT2D eigenvalue weighted by molar-refractivity contribution is 6.31. The van der Waals surface area contributed by atoms with Gasteiger partial charge in [0.1, 0.15) is 0 Å². The molecule has 0 bridgehead atoms. The Morgan fingerprint density at radius 1 is 0.164 bits per heavy atom. The minimum atomic E-state index is 1.02. The van der Waals surface area contributed by atoms with Crippen LogP contribution in [0, 0.1) is 6.92 Å². The van der Waals surface area contributed by atoms with E-state index in [1.165, 1.54) is 246 Å². The molecule has 0 N–H and O–H groups in total. The van der Waals surface area contributed by atoms with Gasteiger partial charge in [-0.25, -0.2) is 0 Å². The third-order valence-electron chi connectivity index (χ3n) is 27.3. The molecule has 0 saturated heterocycles. The lowest BCUT2D eigenvalue weighted by Gasteiger charge is -2.17. The summed E-state index contributed by atoms with van der Waals surface area (Å²) in [5.41, 5.74) is 28.1. The van der Waals surface area contributed by atoms with Crippen molar-refractivity contribution in [3.63, 3.8) is 0 Å². The number of pyridine rings is 1. The van der Waals surface area contributed by atoms with Gasteiger partial charge in [0.2, 0.25) is 0 Å². The summed E-state index contributed by atoms with van der Waals surface area (Å²) in [6, 6.07) is 164. The molecule has 0 amide bonds. The summed E-state index contributed by atoms with van der Waals surface area (Å²) >= 11 is 0. The van der Waals surface area contributed by atoms with Gasteiger partial charge < -0.3 is 13.7 Å². The van der Waals surface area contributed by atoms with Crippen LogP contribution < -0.4 is 0 Å². The van der Waals surface area contributed by atoms with Crippen LogP contribution in [0.3, 0.4) is 0 Å². The van der Waals surface area contributed by atoms with Crippen LogP contribution in [-0.2, 0) is 0 Å². The summed E-state index contributed by atoms with van der Waals surface area (Å²) in [5, 5.41) is 32.3. The predicted molar refractivity (Wildman–Crippen MR) is 546 cm³/mol. The zero-order chi connectivity index (χ0) is 84.2. The fraction of sp³-hybridized carbons (Fsp3) is 0.00806. The van der Waals surface area contributed by atoms with Gasteiger partial charge >= 0.3 is 0 Å². The third kappa shape index (κ3) is 11.5. The Balaban J connectivity index is 0.000000102. The molecule has 0 unspecified atom stereocenters. The van der Waals surface area contributed by atoms with Gasteiger partial charge in [-0.05, 0) is 250 Å². The Morgan fingerprint density at radius 3 is 0.734 bits per heavy atom. The van der Waals surface area contributed by atoms with Gasteiger partial charge in [-0.3, -0.25) is 4.98 Å². The van der Waals surface area contributed by atoms with Crippen LogP contribution in [0.5, 0.6) is 0 Å². The molecule has 0 radical (unpaired) electrons. The van der Waals surface area contributed by atoms with E-state index < -0.39 is 0 Å². The van der Waals surface area contributed by atoms with Gasteiger partial charge in [-0.15, -0.1) is 0 Å². The van der Waals surface area contributed by atoms with E-state index in [9.17, 15) is 0 Å². The predicted octanol–water partition coefficient (Wildman–Crippen LogP) is 33.9. The molecule has 4 heteroatoms. The first-order valence-electron chi connectivity index (χ1n) is 44.3. The minimum Gasteiger partial charge on any atom is -0.309 e. The van der Waals surface area contributed by atoms with Crippen molar-refractivity contribution in [2.45, 2.75) is 6.92 Å². The second-order valence-corrected chi connectivity index (χ2v) is 34.4. The van der Waals surface area contributed by atoms with Crippen molar-refractivity contribution in [2.24, 2.45) is 0 Å². The molecule has 0 spiro atoms. The molecule has 4 nitrogen and oxygen atoms in total. The molecule has 28 rings (SSSR count). The molecule has 0 saturated carbocycles. The molecule has 4 aromatic heterocycles. The van der Waals surface area contributed by atoms with Gasteiger partial charge in [-0.2, -0.15) is 0 Å². The van der Waals surface area contributed by atoms with Crippen LogP contribution in [0.15, 0.2) is 455 Å². The monoisotopic (exact) mass is 1620 g/mol. The maximum Gasteiger partial charge on any atom is 0.0702 e. The van der Waals surface area contributed by atoms with Crippen LogP contribution in [0.25, 0.3) is 257 Å². The topological polar surface area (TPSA) is 27.7 Å². The Bertz CT molecular complexity index is 9190. The van der Waals surface area contributed by atoms with E-state index in [0.29, 0.717) is 0 Å². The highest BCUT2D eigenvalue weighted by Gasteiger charge is 2.23. The number of rotatable bonds is 9. The van der Waals surface area contributed by atoms with Crippen LogP contribution in [0.4, 0.5) is 0 Å². The highest BCUT2D eigenvalue weighted by atomic mass is 15.0. The summed E-state index contributed by atoms with van der Waals surface area (Å²) in [7, 11) is 0. The SMILES string of the molecule is Cc1ccc(-c2ccc3ccc4c(-c5cccc(-n6c7ccccc7c7ccccc76)c5)ccc5ccc2c3c54)cc1.c1cc(-c2ccc3ccc4c(-c5cnc6ccccc6c5)ccc5ccc2c3c54)cc(-n2c3ccccc3c3ccccc32)c1.c1ccc(-c2ccc3ccc4c(-c5cccc(-n6c7ccccc7c7ccccc76)c5)ccc5ccc2c3c54)cc1. The van der Waals surface area contributed by atoms with Crippen molar-refractivity contribution in [3.05, 3.63) is 461 Å². The maximum absolute atomic E-state index is 4.79. The molecule has 0 aliphatic rings. The molecular weight excluding hydrogens is 1550 g/mol. The number of hydrogen-bond donors (Lipinski definition) is 0. The maximum atomic E-state index is 4.79. The average molecular weight is 1620 g/mol. The van der Waals surface area contributed by atoms with E-state index in [1.807, 2.05) is 12.3 Å². The summed E-state index contributed by atoms with van der Waals surface area (Å²) in [6.07, 6.45) is 2.01. The second kappa shape index (κ2) is 29.2. The summed E-state index contributed by atoms with van der Waals surface area (Å²) in [4.78, 5) is 4.79. The van der Waals surface area contributed by atoms with Crippen molar-refractivity contribution >= 4 is 173 Å². The molecule has 4 heterocycles. The van der Waals surface area contributed by atoms with E-state index in [2.05, 4.69) is 463 Å². The summed E-state index contributed by atoms with van der Waals surface area (Å²) < 4.78 is 7.20. The van der Waals surface area contributed by atoms with Crippen molar-refractivity contribution in [3.8, 4) is 83.8 Å². The zero-order valence-electron chi connectivity index (χ0n) is 70.1. The van der Waals surface area contributed by atoms with Crippen molar-refractivity contribution < 1.29 is 0 Å². The Kier molecular flexibility index (Phi) is 16.6. The summed E-state index contributed by atoms with van der Waals surface area (Å²) in [6.45, 7) is 2.14. The van der Waals surface area contributed by atoms with E-state index in [0.717, 1.165) is 16.5 Å². The Hall–Kier alpha value is -16.8. The summed E-state index contributed by atoms with van der Waals surface area (Å²) in [5.74, 6) is 0. The van der Waals surface area contributed by atoms with Gasteiger partial charge in [0.25, 0.3) is 0 Å². The molecular formula is C124H78N4. The third-order valence-corrected chi connectivity index (χ3v) is 27.3. The van der Waals surface area contributed by atoms with Crippen molar-refractivity contribution in [1.82, 2.24) is 18.7 Å². The average Bonchev–Trinajstić information content (AvgIpc) is 1.05. The van der Waals surface area contributed by atoms with Crippen LogP contribution >= 0.6 is 0 Å². The van der Waals surface area contributed by atoms with E-state index in [-0.39, 0.29) is 0 Å². The number of benzene rings is 24. The van der Waals surface area contributed by atoms with Crippen molar-refractivity contribution in [1.29, 1.82) is 0 Å². The zero-order valence-corrected chi connectivity index (χ0v) is 70.1. The van der Waals surface area contributed by atoms with Gasteiger partial charge in [0.05, 0.1) is 38.6 Å². The molecule has 0 atom stereocenters.